The van der Waals surface area contributed by atoms with Gasteiger partial charge in [-0.15, -0.1) is 0 Å². The lowest BCUT2D eigenvalue weighted by Crippen LogP contribution is -2.43. The molecule has 0 heterocycles. The van der Waals surface area contributed by atoms with Gasteiger partial charge < -0.3 is 14.4 Å². The Kier molecular flexibility index (Phi) is 9.34. The summed E-state index contributed by atoms with van der Waals surface area (Å²) in [6.07, 6.45) is 0.244. The fourth-order valence-corrected chi connectivity index (χ4v) is 2.38. The summed E-state index contributed by atoms with van der Waals surface area (Å²) >= 11 is 0. The van der Waals surface area contributed by atoms with Crippen molar-refractivity contribution in [2.24, 2.45) is 5.92 Å². The van der Waals surface area contributed by atoms with Crippen LogP contribution in [0.4, 0.5) is 5.69 Å². The lowest BCUT2D eigenvalue weighted by Gasteiger charge is -2.29. The molecular formula is C17H25N3O7. The zero-order valence-corrected chi connectivity index (χ0v) is 15.6. The second kappa shape index (κ2) is 11.2. The van der Waals surface area contributed by atoms with Crippen LogP contribution in [-0.2, 0) is 14.3 Å². The number of hydrogen-bond donors (Lipinski definition) is 2. The molecule has 1 rings (SSSR count). The molecule has 10 heteroatoms. The molecule has 10 nitrogen and oxygen atoms in total. The van der Waals surface area contributed by atoms with E-state index >= 15 is 0 Å². The first kappa shape index (κ1) is 22.5. The van der Waals surface area contributed by atoms with Crippen molar-refractivity contribution in [2.75, 3.05) is 27.1 Å². The summed E-state index contributed by atoms with van der Waals surface area (Å²) < 4.78 is 10.5. The molecule has 0 spiro atoms. The molecule has 0 aliphatic carbocycles. The molecule has 150 valence electrons. The van der Waals surface area contributed by atoms with Crippen molar-refractivity contribution in [2.45, 2.75) is 26.3 Å². The van der Waals surface area contributed by atoms with Gasteiger partial charge in [-0.1, -0.05) is 6.92 Å². The Balaban J connectivity index is 2.88. The smallest absolute Gasteiger partial charge is 0.269 e. The SMILES string of the molecule is CCOCOCC(CC(C)C(=O)NO)N(C)C(=O)c1ccc([N+](=O)[O-])cc1. The topological polar surface area (TPSA) is 131 Å². The highest BCUT2D eigenvalue weighted by molar-refractivity contribution is 5.94. The van der Waals surface area contributed by atoms with Crippen molar-refractivity contribution >= 4 is 17.5 Å². The summed E-state index contributed by atoms with van der Waals surface area (Å²) in [5.41, 5.74) is 1.75. The summed E-state index contributed by atoms with van der Waals surface area (Å²) in [7, 11) is 1.56. The molecule has 0 saturated heterocycles. The first-order valence-electron chi connectivity index (χ1n) is 8.42. The van der Waals surface area contributed by atoms with Crippen molar-refractivity contribution in [3.63, 3.8) is 0 Å². The molecule has 2 atom stereocenters. The Labute approximate surface area is 157 Å². The average molecular weight is 383 g/mol. The highest BCUT2D eigenvalue weighted by Crippen LogP contribution is 2.17. The minimum absolute atomic E-state index is 0.0487. The van der Waals surface area contributed by atoms with Crippen molar-refractivity contribution < 1.29 is 29.2 Å². The van der Waals surface area contributed by atoms with Crippen LogP contribution in [0.5, 0.6) is 0 Å². The molecule has 2 N–H and O–H groups in total. The Morgan fingerprint density at radius 3 is 2.44 bits per heavy atom. The van der Waals surface area contributed by atoms with Gasteiger partial charge in [0, 0.05) is 37.3 Å². The number of likely N-dealkylation sites (N-methyl/N-ethyl adjacent to an activating group) is 1. The predicted molar refractivity (Wildman–Crippen MR) is 95.1 cm³/mol. The fourth-order valence-electron chi connectivity index (χ4n) is 2.38. The Bertz CT molecular complexity index is 636. The van der Waals surface area contributed by atoms with Crippen LogP contribution in [0.25, 0.3) is 0 Å². The van der Waals surface area contributed by atoms with Gasteiger partial charge in [0.15, 0.2) is 0 Å². The number of non-ortho nitro benzene ring substituents is 1. The van der Waals surface area contributed by atoms with Gasteiger partial charge in [-0.2, -0.15) is 0 Å². The molecule has 1 aromatic rings. The zero-order chi connectivity index (χ0) is 20.4. The second-order valence-corrected chi connectivity index (χ2v) is 5.97. The molecule has 0 aliphatic rings. The van der Waals surface area contributed by atoms with E-state index in [1.54, 1.807) is 19.5 Å². The Hall–Kier alpha value is -2.56. The standard InChI is InChI=1S/C17H25N3O7/c1-4-26-11-27-10-15(9-12(2)16(21)18-23)19(3)17(22)13-5-7-14(8-6-13)20(24)25/h5-8,12,15,23H,4,9-11H2,1-3H3,(H,18,21). The molecule has 0 aliphatic heterocycles. The lowest BCUT2D eigenvalue weighted by atomic mass is 10.00. The molecule has 2 unspecified atom stereocenters. The number of nitrogens with zero attached hydrogens (tertiary/aromatic N) is 2. The maximum absolute atomic E-state index is 12.7. The van der Waals surface area contributed by atoms with Crippen LogP contribution in [-0.4, -0.2) is 59.9 Å². The van der Waals surface area contributed by atoms with Gasteiger partial charge in [-0.05, 0) is 25.5 Å². The minimum Gasteiger partial charge on any atom is -0.356 e. The summed E-state index contributed by atoms with van der Waals surface area (Å²) in [5.74, 6) is -1.50. The van der Waals surface area contributed by atoms with Crippen molar-refractivity contribution in [3.05, 3.63) is 39.9 Å². The molecule has 0 aromatic heterocycles. The zero-order valence-electron chi connectivity index (χ0n) is 15.6. The van der Waals surface area contributed by atoms with E-state index in [0.717, 1.165) is 0 Å². The molecule has 2 amide bonds. The van der Waals surface area contributed by atoms with Crippen LogP contribution < -0.4 is 5.48 Å². The van der Waals surface area contributed by atoms with Gasteiger partial charge in [0.05, 0.1) is 17.6 Å². The fraction of sp³-hybridized carbons (Fsp3) is 0.529. The van der Waals surface area contributed by atoms with Crippen LogP contribution in [0.3, 0.4) is 0 Å². The summed E-state index contributed by atoms with van der Waals surface area (Å²) in [5, 5.41) is 19.5. The first-order chi connectivity index (χ1) is 12.8. The van der Waals surface area contributed by atoms with Gasteiger partial charge in [0.1, 0.15) is 6.79 Å². The highest BCUT2D eigenvalue weighted by atomic mass is 16.7. The first-order valence-corrected chi connectivity index (χ1v) is 8.42. The monoisotopic (exact) mass is 383 g/mol. The van der Waals surface area contributed by atoms with E-state index in [-0.39, 0.29) is 37.0 Å². The van der Waals surface area contributed by atoms with E-state index < -0.39 is 22.8 Å². The van der Waals surface area contributed by atoms with E-state index in [0.29, 0.717) is 6.61 Å². The lowest BCUT2D eigenvalue weighted by molar-refractivity contribution is -0.384. The largest absolute Gasteiger partial charge is 0.356 e. The van der Waals surface area contributed by atoms with Crippen LogP contribution in [0.2, 0.25) is 0 Å². The molecule has 0 bridgehead atoms. The average Bonchev–Trinajstić information content (AvgIpc) is 2.68. The number of amides is 2. The number of carbonyl (C=O) groups excluding carboxylic acids is 2. The number of nitro benzene ring substituents is 1. The van der Waals surface area contributed by atoms with Crippen molar-refractivity contribution in [1.29, 1.82) is 0 Å². The quantitative estimate of drug-likeness (QED) is 0.195. The molecule has 0 saturated carbocycles. The van der Waals surface area contributed by atoms with E-state index in [2.05, 4.69) is 0 Å². The van der Waals surface area contributed by atoms with E-state index in [4.69, 9.17) is 14.7 Å². The van der Waals surface area contributed by atoms with Crippen LogP contribution in [0.15, 0.2) is 24.3 Å². The summed E-state index contributed by atoms with van der Waals surface area (Å²) in [6.45, 7) is 4.08. The van der Waals surface area contributed by atoms with Gasteiger partial charge in [0.25, 0.3) is 11.6 Å². The number of nitro groups is 1. The number of rotatable bonds is 11. The number of nitrogens with one attached hydrogen (secondary N) is 1. The predicted octanol–water partition coefficient (Wildman–Crippen LogP) is 1.58. The molecule has 0 radical (unpaired) electrons. The second-order valence-electron chi connectivity index (χ2n) is 5.97. The van der Waals surface area contributed by atoms with E-state index in [1.807, 2.05) is 6.92 Å². The summed E-state index contributed by atoms with van der Waals surface area (Å²) in [4.78, 5) is 35.9. The van der Waals surface area contributed by atoms with Gasteiger partial charge in [-0.3, -0.25) is 24.9 Å². The maximum atomic E-state index is 12.7. The Morgan fingerprint density at radius 2 is 1.93 bits per heavy atom. The van der Waals surface area contributed by atoms with Gasteiger partial charge in [-0.25, -0.2) is 5.48 Å². The van der Waals surface area contributed by atoms with Crippen molar-refractivity contribution in [1.82, 2.24) is 10.4 Å². The molecule has 27 heavy (non-hydrogen) atoms. The Morgan fingerprint density at radius 1 is 1.30 bits per heavy atom. The van der Waals surface area contributed by atoms with E-state index in [1.165, 1.54) is 29.2 Å². The molecular weight excluding hydrogens is 358 g/mol. The number of hydroxylamine groups is 1. The third kappa shape index (κ3) is 6.93. The highest BCUT2D eigenvalue weighted by Gasteiger charge is 2.26. The summed E-state index contributed by atoms with van der Waals surface area (Å²) in [6, 6.07) is 4.78. The maximum Gasteiger partial charge on any atom is 0.269 e. The number of benzene rings is 1. The van der Waals surface area contributed by atoms with Crippen molar-refractivity contribution in [3.8, 4) is 0 Å². The van der Waals surface area contributed by atoms with Gasteiger partial charge >= 0.3 is 0 Å². The normalized spacial score (nSPS) is 12.9. The number of carbonyl (C=O) groups is 2. The number of hydrogen-bond acceptors (Lipinski definition) is 7. The number of ether oxygens (including phenoxy) is 2. The molecule has 1 aromatic carbocycles. The van der Waals surface area contributed by atoms with E-state index in [9.17, 15) is 19.7 Å². The van der Waals surface area contributed by atoms with Crippen LogP contribution in [0.1, 0.15) is 30.6 Å². The third-order valence-electron chi connectivity index (χ3n) is 4.06. The van der Waals surface area contributed by atoms with Crippen LogP contribution >= 0.6 is 0 Å². The minimum atomic E-state index is -0.569. The van der Waals surface area contributed by atoms with Gasteiger partial charge in [0.2, 0.25) is 5.91 Å². The third-order valence-corrected chi connectivity index (χ3v) is 4.06. The van der Waals surface area contributed by atoms with Crippen LogP contribution in [0, 0.1) is 16.0 Å². The molecule has 0 fully saturated rings.